The number of thioether (sulfide) groups is 1. The Morgan fingerprint density at radius 3 is 2.88 bits per heavy atom. The highest BCUT2D eigenvalue weighted by Crippen LogP contribution is 2.32. The van der Waals surface area contributed by atoms with Gasteiger partial charge in [-0.3, -0.25) is 14.2 Å². The molecule has 0 N–H and O–H groups in total. The van der Waals surface area contributed by atoms with Crippen molar-refractivity contribution in [3.8, 4) is 11.5 Å². The molecule has 0 spiro atoms. The van der Waals surface area contributed by atoms with Crippen LogP contribution in [0.3, 0.4) is 0 Å². The van der Waals surface area contributed by atoms with E-state index in [9.17, 15) is 9.59 Å². The van der Waals surface area contributed by atoms with Crippen LogP contribution in [0.5, 0.6) is 11.5 Å². The minimum Gasteiger partial charge on any atom is -0.493 e. The molecule has 1 atom stereocenters. The quantitative estimate of drug-likeness (QED) is 0.203. The van der Waals surface area contributed by atoms with Gasteiger partial charge in [0.15, 0.2) is 22.4 Å². The average molecular weight is 498 g/mol. The molecule has 0 radical (unpaired) electrons. The van der Waals surface area contributed by atoms with Gasteiger partial charge in [0, 0.05) is 23.8 Å². The van der Waals surface area contributed by atoms with E-state index in [4.69, 9.17) is 19.2 Å². The monoisotopic (exact) mass is 497 g/mol. The second kappa shape index (κ2) is 9.73. The number of benzene rings is 1. The zero-order chi connectivity index (χ0) is 23.7. The van der Waals surface area contributed by atoms with Crippen molar-refractivity contribution in [2.24, 2.45) is 0 Å². The normalized spacial score (nSPS) is 15.8. The Bertz CT molecular complexity index is 1430. The Morgan fingerprint density at radius 2 is 2.12 bits per heavy atom. The van der Waals surface area contributed by atoms with Gasteiger partial charge in [-0.15, -0.1) is 11.3 Å². The first-order valence-corrected chi connectivity index (χ1v) is 12.7. The van der Waals surface area contributed by atoms with Gasteiger partial charge < -0.3 is 14.2 Å². The molecule has 1 aliphatic heterocycles. The van der Waals surface area contributed by atoms with Crippen LogP contribution < -0.4 is 15.0 Å². The van der Waals surface area contributed by atoms with Crippen LogP contribution in [0.15, 0.2) is 46.5 Å². The van der Waals surface area contributed by atoms with Crippen LogP contribution >= 0.6 is 23.1 Å². The summed E-state index contributed by atoms with van der Waals surface area (Å²) in [6.45, 7) is 1.11. The highest BCUT2D eigenvalue weighted by molar-refractivity contribution is 7.99. The number of carbonyl (C=O) groups is 1. The molecule has 0 unspecified atom stereocenters. The van der Waals surface area contributed by atoms with Gasteiger partial charge in [-0.25, -0.2) is 9.97 Å². The lowest BCUT2D eigenvalue weighted by molar-refractivity contribution is 0.0938. The van der Waals surface area contributed by atoms with Crippen molar-refractivity contribution in [1.82, 2.24) is 14.5 Å². The Hall–Kier alpha value is -2.95. The molecule has 4 heterocycles. The Kier molecular flexibility index (Phi) is 6.53. The Labute approximate surface area is 203 Å². The number of rotatable bonds is 8. The van der Waals surface area contributed by atoms with Crippen molar-refractivity contribution in [3.05, 3.63) is 52.4 Å². The first-order valence-electron chi connectivity index (χ1n) is 10.9. The highest BCUT2D eigenvalue weighted by atomic mass is 32.2. The number of ether oxygens (including phenoxy) is 3. The van der Waals surface area contributed by atoms with E-state index in [1.807, 2.05) is 12.1 Å². The van der Waals surface area contributed by atoms with Crippen LogP contribution in [0.25, 0.3) is 20.4 Å². The van der Waals surface area contributed by atoms with Gasteiger partial charge in [0.1, 0.15) is 9.53 Å². The van der Waals surface area contributed by atoms with E-state index in [1.165, 1.54) is 30.2 Å². The molecule has 3 aromatic heterocycles. The number of nitrogens with zero attached hydrogens (tertiary/aromatic N) is 3. The number of hydrogen-bond acceptors (Lipinski definition) is 9. The fourth-order valence-electron chi connectivity index (χ4n) is 4.03. The number of ketones is 1. The number of aromatic nitrogens is 3. The molecule has 8 nitrogen and oxygen atoms in total. The molecule has 0 bridgehead atoms. The van der Waals surface area contributed by atoms with E-state index in [2.05, 4.69) is 4.98 Å². The van der Waals surface area contributed by atoms with E-state index in [-0.39, 0.29) is 23.2 Å². The number of thiophene rings is 1. The Morgan fingerprint density at radius 1 is 1.26 bits per heavy atom. The fraction of sp³-hybridized carbons (Fsp3) is 0.333. The molecule has 1 saturated heterocycles. The van der Waals surface area contributed by atoms with Gasteiger partial charge in [-0.2, -0.15) is 0 Å². The first kappa shape index (κ1) is 22.8. The minimum absolute atomic E-state index is 0.0367. The van der Waals surface area contributed by atoms with Gasteiger partial charge >= 0.3 is 0 Å². The van der Waals surface area contributed by atoms with Crippen molar-refractivity contribution in [2.45, 2.75) is 30.6 Å². The lowest BCUT2D eigenvalue weighted by Gasteiger charge is -2.15. The molecule has 34 heavy (non-hydrogen) atoms. The predicted octanol–water partition coefficient (Wildman–Crippen LogP) is 4.18. The smallest absolute Gasteiger partial charge is 0.272 e. The number of Topliss-reactive ketones (excluding diaryl/α,β-unsaturated/α-hetero) is 1. The maximum atomic E-state index is 13.5. The summed E-state index contributed by atoms with van der Waals surface area (Å²) >= 11 is 2.60. The second-order valence-electron chi connectivity index (χ2n) is 7.86. The van der Waals surface area contributed by atoms with Crippen LogP contribution in [0.1, 0.15) is 23.2 Å². The summed E-state index contributed by atoms with van der Waals surface area (Å²) in [4.78, 5) is 36.5. The summed E-state index contributed by atoms with van der Waals surface area (Å²) in [5, 5.41) is 1.35. The number of pyridine rings is 1. The third-order valence-electron chi connectivity index (χ3n) is 5.77. The largest absolute Gasteiger partial charge is 0.493 e. The molecule has 0 amide bonds. The molecular weight excluding hydrogens is 474 g/mol. The molecular formula is C24H23N3O5S2. The molecule has 0 aliphatic carbocycles. The molecule has 1 aliphatic rings. The molecule has 1 aromatic carbocycles. The minimum atomic E-state index is -0.121. The molecule has 10 heteroatoms. The molecule has 0 saturated carbocycles. The third-order valence-corrected chi connectivity index (χ3v) is 7.83. The van der Waals surface area contributed by atoms with E-state index in [0.29, 0.717) is 45.6 Å². The molecule has 1 fully saturated rings. The predicted molar refractivity (Wildman–Crippen MR) is 133 cm³/mol. The van der Waals surface area contributed by atoms with Crippen LogP contribution in [0.4, 0.5) is 0 Å². The zero-order valence-electron chi connectivity index (χ0n) is 18.8. The molecule has 5 rings (SSSR count). The van der Waals surface area contributed by atoms with Crippen molar-refractivity contribution in [3.63, 3.8) is 0 Å². The highest BCUT2D eigenvalue weighted by Gasteiger charge is 2.23. The lowest BCUT2D eigenvalue weighted by atomic mass is 10.1. The van der Waals surface area contributed by atoms with Crippen molar-refractivity contribution in [1.29, 1.82) is 0 Å². The lowest BCUT2D eigenvalue weighted by Crippen LogP contribution is -2.28. The van der Waals surface area contributed by atoms with E-state index >= 15 is 0 Å². The van der Waals surface area contributed by atoms with Crippen molar-refractivity contribution in [2.75, 3.05) is 26.6 Å². The van der Waals surface area contributed by atoms with Gasteiger partial charge in [0.25, 0.3) is 5.56 Å². The number of hydrogen-bond donors (Lipinski definition) is 0. The van der Waals surface area contributed by atoms with E-state index < -0.39 is 0 Å². The van der Waals surface area contributed by atoms with Crippen molar-refractivity contribution < 1.29 is 19.0 Å². The maximum Gasteiger partial charge on any atom is 0.272 e. The summed E-state index contributed by atoms with van der Waals surface area (Å²) in [5.41, 5.74) is 1.01. The van der Waals surface area contributed by atoms with Gasteiger partial charge in [0.05, 0.1) is 38.1 Å². The Balaban J connectivity index is 1.50. The van der Waals surface area contributed by atoms with Crippen LogP contribution in [-0.2, 0) is 11.3 Å². The summed E-state index contributed by atoms with van der Waals surface area (Å²) in [6, 6.07) is 8.83. The molecule has 176 valence electrons. The summed E-state index contributed by atoms with van der Waals surface area (Å²) in [6.07, 6.45) is 3.54. The van der Waals surface area contributed by atoms with Gasteiger partial charge in [-0.1, -0.05) is 11.8 Å². The van der Waals surface area contributed by atoms with Crippen LogP contribution in [0.2, 0.25) is 0 Å². The summed E-state index contributed by atoms with van der Waals surface area (Å²) < 4.78 is 18.6. The zero-order valence-corrected chi connectivity index (χ0v) is 20.4. The van der Waals surface area contributed by atoms with Crippen molar-refractivity contribution >= 4 is 49.3 Å². The number of fused-ring (bicyclic) bond motifs is 3. The SMILES string of the molecule is COc1ccc(C(=O)CSc2nc3c(sc4ncccc43)c(=O)n2C[C@H]2CCCO2)cc1OC. The molecule has 4 aromatic rings. The van der Waals surface area contributed by atoms with Crippen LogP contribution in [0, 0.1) is 0 Å². The fourth-order valence-corrected chi connectivity index (χ4v) is 5.95. The second-order valence-corrected chi connectivity index (χ2v) is 9.80. The van der Waals surface area contributed by atoms with E-state index in [0.717, 1.165) is 23.1 Å². The average Bonchev–Trinajstić information content (AvgIpc) is 3.52. The van der Waals surface area contributed by atoms with Crippen LogP contribution in [-0.4, -0.2) is 53.0 Å². The summed E-state index contributed by atoms with van der Waals surface area (Å²) in [5.74, 6) is 1.08. The van der Waals surface area contributed by atoms with Gasteiger partial charge in [0.2, 0.25) is 0 Å². The standard InChI is InChI=1S/C24H23N3O5S2/c1-30-18-8-7-14(11-19(18)31-2)17(28)13-33-24-26-20-16-6-3-9-25-22(16)34-21(20)23(29)27(24)12-15-5-4-10-32-15/h3,6-9,11,15H,4-5,10,12-13H2,1-2H3/t15-/m1/s1. The van der Waals surface area contributed by atoms with E-state index in [1.54, 1.807) is 36.1 Å². The number of carbonyl (C=O) groups excluding carboxylic acids is 1. The topological polar surface area (TPSA) is 92.5 Å². The number of methoxy groups -OCH3 is 2. The maximum absolute atomic E-state index is 13.5. The first-order chi connectivity index (χ1) is 16.6. The summed E-state index contributed by atoms with van der Waals surface area (Å²) in [7, 11) is 3.08. The van der Waals surface area contributed by atoms with Gasteiger partial charge in [-0.05, 0) is 43.2 Å². The third kappa shape index (κ3) is 4.28.